The number of phenols is 1. The van der Waals surface area contributed by atoms with Crippen LogP contribution in [0.3, 0.4) is 0 Å². The van der Waals surface area contributed by atoms with Crippen molar-refractivity contribution in [2.24, 2.45) is 10.2 Å². The van der Waals surface area contributed by atoms with Crippen molar-refractivity contribution in [3.63, 3.8) is 0 Å². The number of nitrogens with one attached hydrogen (secondary N) is 1. The summed E-state index contributed by atoms with van der Waals surface area (Å²) in [4.78, 5) is 19.4. The number of likely N-dealkylation sites (N-methyl/N-ethyl adjacent to an activating group) is 2. The molecule has 2 N–H and O–H groups in total. The third-order valence-electron chi connectivity index (χ3n) is 9.81. The van der Waals surface area contributed by atoms with E-state index < -0.39 is 0 Å². The Bertz CT molecular complexity index is 1770. The van der Waals surface area contributed by atoms with E-state index in [0.717, 1.165) is 82.0 Å². The number of fused-ring (bicyclic) bond motifs is 1. The molecule has 0 saturated carbocycles. The average Bonchev–Trinajstić information content (AvgIpc) is 3.72. The van der Waals surface area contributed by atoms with Crippen molar-refractivity contribution >= 4 is 51.4 Å². The molecule has 278 valence electrons. The SMILES string of the molecule is C[N+](C)(C)c1ccc2ccc(O)c(N=Nc3ccc(Nc4nc(N5CCC([N+](C)(C)C)C5)nc(N5CCC([N+](C)(C)C)C5)n4)cc3)c2c1.[Cl-].[Cl-].[Cl-]. The standard InChI is InChI=1S/C36H51N11O.3ClH/c1-45(2,3)28-16-10-25-11-17-32(48)33(31(25)22-28)42-41-27-14-12-26(13-15-27)37-34-38-35(43-20-18-29(23-43)46(4,5)6)40-36(39-34)44-21-19-30(24-44)47(7,8)9;;;/h10-17,22,29-30H,18-21,23-24H2,1-9H3,(H-,37,38,39,40,41,42,48);3*1H/q+2;;;/p-2. The van der Waals surface area contributed by atoms with Crippen molar-refractivity contribution in [2.75, 3.05) is 105 Å². The van der Waals surface area contributed by atoms with Crippen LogP contribution in [0.4, 0.5) is 40.6 Å². The number of aromatic hydroxyl groups is 1. The highest BCUT2D eigenvalue weighted by Gasteiger charge is 2.36. The molecule has 3 heterocycles. The quantitative estimate of drug-likeness (QED) is 0.136. The van der Waals surface area contributed by atoms with Gasteiger partial charge in [-0.05, 0) is 47.9 Å². The number of anilines is 4. The van der Waals surface area contributed by atoms with Gasteiger partial charge >= 0.3 is 0 Å². The molecule has 2 saturated heterocycles. The molecule has 2 atom stereocenters. The Morgan fingerprint density at radius 1 is 0.686 bits per heavy atom. The molecule has 12 nitrogen and oxygen atoms in total. The maximum absolute atomic E-state index is 10.7. The molecule has 0 amide bonds. The second-order valence-corrected chi connectivity index (χ2v) is 16.0. The van der Waals surface area contributed by atoms with Gasteiger partial charge < -0.3 is 66.4 Å². The van der Waals surface area contributed by atoms with Gasteiger partial charge in [0.15, 0.2) is 0 Å². The Hall–Kier alpha value is -3.52. The first-order valence-corrected chi connectivity index (χ1v) is 16.8. The van der Waals surface area contributed by atoms with Gasteiger partial charge in [0, 0.05) is 43.1 Å². The van der Waals surface area contributed by atoms with Crippen LogP contribution in [0.25, 0.3) is 10.8 Å². The van der Waals surface area contributed by atoms with Crippen LogP contribution >= 0.6 is 0 Å². The molecule has 0 radical (unpaired) electrons. The molecule has 2 unspecified atom stereocenters. The van der Waals surface area contributed by atoms with Crippen LogP contribution in [0.5, 0.6) is 5.75 Å². The van der Waals surface area contributed by atoms with Crippen molar-refractivity contribution in [2.45, 2.75) is 24.9 Å². The molecular formula is C36H52Cl3N11O. The highest BCUT2D eigenvalue weighted by atomic mass is 35.5. The predicted molar refractivity (Wildman–Crippen MR) is 196 cm³/mol. The van der Waals surface area contributed by atoms with Crippen molar-refractivity contribution in [3.8, 4) is 5.75 Å². The topological polar surface area (TPSA) is 102 Å². The van der Waals surface area contributed by atoms with Gasteiger partial charge in [-0.15, -0.1) is 5.11 Å². The van der Waals surface area contributed by atoms with Crippen LogP contribution in [0.1, 0.15) is 12.8 Å². The van der Waals surface area contributed by atoms with Crippen LogP contribution in [0.15, 0.2) is 64.8 Å². The maximum atomic E-state index is 10.7. The molecule has 0 spiro atoms. The van der Waals surface area contributed by atoms with E-state index >= 15 is 0 Å². The monoisotopic (exact) mass is 759 g/mol. The number of azo groups is 1. The Morgan fingerprint density at radius 2 is 1.22 bits per heavy atom. The second-order valence-electron chi connectivity index (χ2n) is 16.0. The van der Waals surface area contributed by atoms with E-state index in [1.54, 1.807) is 6.07 Å². The third-order valence-corrected chi connectivity index (χ3v) is 9.81. The smallest absolute Gasteiger partial charge is 0.233 e. The van der Waals surface area contributed by atoms with Crippen molar-refractivity contribution in [1.82, 2.24) is 19.4 Å². The van der Waals surface area contributed by atoms with E-state index in [0.29, 0.717) is 33.9 Å². The van der Waals surface area contributed by atoms with Gasteiger partial charge in [0.2, 0.25) is 17.8 Å². The van der Waals surface area contributed by atoms with Gasteiger partial charge in [-0.2, -0.15) is 20.1 Å². The maximum Gasteiger partial charge on any atom is 0.233 e. The highest BCUT2D eigenvalue weighted by molar-refractivity contribution is 5.97. The fraction of sp³-hybridized carbons (Fsp3) is 0.472. The zero-order chi connectivity index (χ0) is 34.4. The summed E-state index contributed by atoms with van der Waals surface area (Å²) in [6, 6.07) is 18.5. The van der Waals surface area contributed by atoms with Crippen LogP contribution in [-0.2, 0) is 0 Å². The molecular weight excluding hydrogens is 709 g/mol. The molecule has 3 aromatic carbocycles. The normalized spacial score (nSPS) is 18.1. The first-order chi connectivity index (χ1) is 22.5. The van der Waals surface area contributed by atoms with Crippen LogP contribution in [-0.4, -0.2) is 131 Å². The van der Waals surface area contributed by atoms with Crippen molar-refractivity contribution < 1.29 is 51.3 Å². The van der Waals surface area contributed by atoms with Crippen LogP contribution in [0.2, 0.25) is 0 Å². The number of phenolic OH excluding ortho intramolecular Hbond substituents is 1. The van der Waals surface area contributed by atoms with Crippen molar-refractivity contribution in [1.29, 1.82) is 0 Å². The largest absolute Gasteiger partial charge is 1.00 e. The van der Waals surface area contributed by atoms with Crippen LogP contribution in [0, 0.1) is 0 Å². The Labute approximate surface area is 321 Å². The third kappa shape index (κ3) is 9.68. The van der Waals surface area contributed by atoms with Crippen molar-refractivity contribution in [3.05, 3.63) is 54.6 Å². The number of hydrogen-bond donors (Lipinski definition) is 2. The zero-order valence-electron chi connectivity index (χ0n) is 31.1. The number of aromatic nitrogens is 3. The molecule has 2 fully saturated rings. The molecule has 0 aliphatic carbocycles. The first-order valence-electron chi connectivity index (χ1n) is 16.8. The summed E-state index contributed by atoms with van der Waals surface area (Å²) in [6.45, 7) is 3.67. The van der Waals surface area contributed by atoms with E-state index in [4.69, 9.17) is 15.0 Å². The summed E-state index contributed by atoms with van der Waals surface area (Å²) in [5.74, 6) is 2.07. The minimum Gasteiger partial charge on any atom is -1.00 e. The lowest BCUT2D eigenvalue weighted by molar-refractivity contribution is -0.893. The summed E-state index contributed by atoms with van der Waals surface area (Å²) in [5.41, 5.74) is 3.08. The number of halogens is 3. The number of hydrogen-bond acceptors (Lipinski definition) is 9. The van der Waals surface area contributed by atoms with E-state index in [-0.39, 0.29) is 43.0 Å². The van der Waals surface area contributed by atoms with Gasteiger partial charge in [-0.3, -0.25) is 4.48 Å². The summed E-state index contributed by atoms with van der Waals surface area (Å²) >= 11 is 0. The minimum absolute atomic E-state index is 0. The lowest BCUT2D eigenvalue weighted by Gasteiger charge is -2.31. The second kappa shape index (κ2) is 16.0. The number of nitrogens with zero attached hydrogens (tertiary/aromatic N) is 10. The fourth-order valence-corrected chi connectivity index (χ4v) is 6.46. The van der Waals surface area contributed by atoms with E-state index in [2.05, 4.69) is 107 Å². The van der Waals surface area contributed by atoms with E-state index in [1.807, 2.05) is 30.3 Å². The highest BCUT2D eigenvalue weighted by Crippen LogP contribution is 2.38. The van der Waals surface area contributed by atoms with Crippen LogP contribution < -0.4 is 56.8 Å². The van der Waals surface area contributed by atoms with Gasteiger partial charge in [-0.1, -0.05) is 6.07 Å². The molecule has 51 heavy (non-hydrogen) atoms. The lowest BCUT2D eigenvalue weighted by atomic mass is 10.1. The molecule has 4 aromatic rings. The fourth-order valence-electron chi connectivity index (χ4n) is 6.46. The molecule has 15 heteroatoms. The Kier molecular flexibility index (Phi) is 13.2. The Morgan fingerprint density at radius 3 is 1.71 bits per heavy atom. The summed E-state index contributed by atoms with van der Waals surface area (Å²) < 4.78 is 2.49. The summed E-state index contributed by atoms with van der Waals surface area (Å²) in [7, 11) is 19.9. The van der Waals surface area contributed by atoms with E-state index in [1.165, 1.54) is 0 Å². The molecule has 6 rings (SSSR count). The summed E-state index contributed by atoms with van der Waals surface area (Å²) in [6.07, 6.45) is 2.20. The molecule has 1 aromatic heterocycles. The summed E-state index contributed by atoms with van der Waals surface area (Å²) in [5, 5.41) is 25.0. The van der Waals surface area contributed by atoms with Gasteiger partial charge in [-0.25, -0.2) is 0 Å². The van der Waals surface area contributed by atoms with E-state index in [9.17, 15) is 5.11 Å². The average molecular weight is 761 g/mol. The molecule has 0 bridgehead atoms. The predicted octanol–water partition coefficient (Wildman–Crippen LogP) is -3.33. The minimum atomic E-state index is 0. The number of benzene rings is 3. The number of quaternary nitrogens is 3. The van der Waals surface area contributed by atoms with Gasteiger partial charge in [0.1, 0.15) is 29.2 Å². The number of rotatable bonds is 9. The van der Waals surface area contributed by atoms with Gasteiger partial charge in [0.25, 0.3) is 0 Å². The Balaban J connectivity index is 0.00000234. The van der Waals surface area contributed by atoms with Gasteiger partial charge in [0.05, 0.1) is 82.2 Å². The zero-order valence-corrected chi connectivity index (χ0v) is 33.4. The first kappa shape index (κ1) is 41.9. The molecule has 2 aliphatic rings. The molecule has 2 aliphatic heterocycles. The lowest BCUT2D eigenvalue weighted by Crippen LogP contribution is -3.00.